The number of hydrogen-bond acceptors (Lipinski definition) is 2. The second-order valence-electron chi connectivity index (χ2n) is 4.86. The maximum absolute atomic E-state index is 12.6. The molecule has 0 saturated heterocycles. The molecule has 0 unspecified atom stereocenters. The van der Waals surface area contributed by atoms with Gasteiger partial charge >= 0.3 is 6.18 Å². The number of alkyl halides is 3. The van der Waals surface area contributed by atoms with E-state index in [9.17, 15) is 18.3 Å². The lowest BCUT2D eigenvalue weighted by atomic mass is 10.1. The maximum atomic E-state index is 12.6. The number of benzene rings is 1. The van der Waals surface area contributed by atoms with E-state index < -0.39 is 18.8 Å². The molecule has 19 heavy (non-hydrogen) atoms. The van der Waals surface area contributed by atoms with Crippen LogP contribution in [0.4, 0.5) is 18.9 Å². The average Bonchev–Trinajstić information content (AvgIpc) is 3.07. The van der Waals surface area contributed by atoms with E-state index in [1.165, 1.54) is 4.90 Å². The molecule has 1 fully saturated rings. The van der Waals surface area contributed by atoms with Gasteiger partial charge in [0, 0.05) is 16.2 Å². The first-order valence-corrected chi connectivity index (χ1v) is 6.88. The molecule has 0 spiro atoms. The molecule has 2 rings (SSSR count). The Kier molecular flexibility index (Phi) is 4.11. The lowest BCUT2D eigenvalue weighted by Gasteiger charge is -2.26. The Morgan fingerprint density at radius 2 is 2.05 bits per heavy atom. The fraction of sp³-hybridized carbons (Fsp3) is 0.538. The van der Waals surface area contributed by atoms with E-state index in [4.69, 9.17) is 0 Å². The monoisotopic (exact) mass is 337 g/mol. The van der Waals surface area contributed by atoms with Crippen LogP contribution in [0, 0.1) is 0 Å². The Morgan fingerprint density at radius 3 is 2.47 bits per heavy atom. The highest BCUT2D eigenvalue weighted by Gasteiger charge is 2.38. The molecule has 0 bridgehead atoms. The number of nitrogens with zero attached hydrogens (tertiary/aromatic N) is 1. The quantitative estimate of drug-likeness (QED) is 0.896. The standard InChI is InChI=1S/C13H15BrF3NO/c1-8(19)11-5-4-10(6-12(11)14)18(9-2-3-9)7-13(15,16)17/h4-6,8-9,19H,2-3,7H2,1H3/t8-/m1/s1. The van der Waals surface area contributed by atoms with Gasteiger partial charge in [-0.2, -0.15) is 13.2 Å². The molecule has 1 atom stereocenters. The predicted octanol–water partition coefficient (Wildman–Crippen LogP) is 4.03. The maximum Gasteiger partial charge on any atom is 0.405 e. The number of aliphatic hydroxyl groups is 1. The SMILES string of the molecule is C[C@@H](O)c1ccc(N(CC(F)(F)F)C2CC2)cc1Br. The second kappa shape index (κ2) is 5.32. The molecule has 1 aliphatic rings. The molecule has 0 aromatic heterocycles. The van der Waals surface area contributed by atoms with E-state index in [-0.39, 0.29) is 6.04 Å². The summed E-state index contributed by atoms with van der Waals surface area (Å²) in [7, 11) is 0. The summed E-state index contributed by atoms with van der Waals surface area (Å²) in [4.78, 5) is 1.39. The molecule has 0 amide bonds. The zero-order chi connectivity index (χ0) is 14.2. The summed E-state index contributed by atoms with van der Waals surface area (Å²) in [5.41, 5.74) is 1.21. The third-order valence-corrected chi connectivity index (χ3v) is 3.79. The Morgan fingerprint density at radius 1 is 1.42 bits per heavy atom. The van der Waals surface area contributed by atoms with Crippen LogP contribution in [0.2, 0.25) is 0 Å². The summed E-state index contributed by atoms with van der Waals surface area (Å²) in [6.07, 6.45) is -3.27. The smallest absolute Gasteiger partial charge is 0.389 e. The first kappa shape index (κ1) is 14.7. The van der Waals surface area contributed by atoms with Crippen LogP contribution in [0.3, 0.4) is 0 Å². The van der Waals surface area contributed by atoms with Crippen LogP contribution in [-0.4, -0.2) is 23.9 Å². The third kappa shape index (κ3) is 3.86. The van der Waals surface area contributed by atoms with Crippen LogP contribution in [0.1, 0.15) is 31.4 Å². The van der Waals surface area contributed by atoms with Crippen molar-refractivity contribution < 1.29 is 18.3 Å². The van der Waals surface area contributed by atoms with Gasteiger partial charge in [0.25, 0.3) is 0 Å². The minimum Gasteiger partial charge on any atom is -0.389 e. The number of aliphatic hydroxyl groups excluding tert-OH is 1. The lowest BCUT2D eigenvalue weighted by Crippen LogP contribution is -2.36. The second-order valence-corrected chi connectivity index (χ2v) is 5.71. The fourth-order valence-electron chi connectivity index (χ4n) is 2.04. The van der Waals surface area contributed by atoms with Crippen molar-refractivity contribution in [2.24, 2.45) is 0 Å². The van der Waals surface area contributed by atoms with Gasteiger partial charge in [0.2, 0.25) is 0 Å². The van der Waals surface area contributed by atoms with Crippen molar-refractivity contribution in [3.05, 3.63) is 28.2 Å². The van der Waals surface area contributed by atoms with Crippen molar-refractivity contribution in [2.75, 3.05) is 11.4 Å². The van der Waals surface area contributed by atoms with Crippen LogP contribution in [0.15, 0.2) is 22.7 Å². The van der Waals surface area contributed by atoms with E-state index in [1.807, 2.05) is 0 Å². The van der Waals surface area contributed by atoms with Gasteiger partial charge < -0.3 is 10.0 Å². The Hall–Kier alpha value is -0.750. The van der Waals surface area contributed by atoms with Gasteiger partial charge in [-0.1, -0.05) is 22.0 Å². The largest absolute Gasteiger partial charge is 0.405 e. The fourth-order valence-corrected chi connectivity index (χ4v) is 2.74. The Balaban J connectivity index is 2.25. The molecule has 1 aromatic carbocycles. The Bertz CT molecular complexity index is 458. The zero-order valence-corrected chi connectivity index (χ0v) is 12.0. The topological polar surface area (TPSA) is 23.5 Å². The molecule has 6 heteroatoms. The van der Waals surface area contributed by atoms with Gasteiger partial charge in [-0.3, -0.25) is 0 Å². The minimum atomic E-state index is -4.21. The van der Waals surface area contributed by atoms with E-state index >= 15 is 0 Å². The van der Waals surface area contributed by atoms with E-state index in [0.717, 1.165) is 12.8 Å². The van der Waals surface area contributed by atoms with E-state index in [2.05, 4.69) is 15.9 Å². The Labute approximate surface area is 118 Å². The summed E-state index contributed by atoms with van der Waals surface area (Å²) >= 11 is 3.30. The molecular formula is C13H15BrF3NO. The average molecular weight is 338 g/mol. The van der Waals surface area contributed by atoms with Crippen molar-refractivity contribution in [1.82, 2.24) is 0 Å². The molecule has 1 saturated carbocycles. The molecule has 2 nitrogen and oxygen atoms in total. The summed E-state index contributed by atoms with van der Waals surface area (Å²) < 4.78 is 38.4. The molecule has 0 radical (unpaired) electrons. The van der Waals surface area contributed by atoms with Crippen molar-refractivity contribution in [1.29, 1.82) is 0 Å². The van der Waals surface area contributed by atoms with Crippen LogP contribution in [0.25, 0.3) is 0 Å². The molecule has 1 N–H and O–H groups in total. The van der Waals surface area contributed by atoms with Crippen molar-refractivity contribution in [3.8, 4) is 0 Å². The van der Waals surface area contributed by atoms with Crippen LogP contribution < -0.4 is 4.90 Å². The van der Waals surface area contributed by atoms with Gasteiger partial charge in [0.1, 0.15) is 6.54 Å². The van der Waals surface area contributed by atoms with Gasteiger partial charge in [-0.15, -0.1) is 0 Å². The van der Waals surface area contributed by atoms with Crippen molar-refractivity contribution in [3.63, 3.8) is 0 Å². The van der Waals surface area contributed by atoms with Crippen LogP contribution in [0.5, 0.6) is 0 Å². The number of anilines is 1. The highest BCUT2D eigenvalue weighted by Crippen LogP contribution is 2.36. The highest BCUT2D eigenvalue weighted by atomic mass is 79.9. The molecule has 0 heterocycles. The molecule has 106 valence electrons. The molecule has 1 aliphatic carbocycles. The third-order valence-electron chi connectivity index (χ3n) is 3.10. The summed E-state index contributed by atoms with van der Waals surface area (Å²) in [5, 5.41) is 9.52. The summed E-state index contributed by atoms with van der Waals surface area (Å²) in [6.45, 7) is 0.687. The first-order chi connectivity index (χ1) is 8.78. The van der Waals surface area contributed by atoms with Crippen LogP contribution in [-0.2, 0) is 0 Å². The van der Waals surface area contributed by atoms with Gasteiger partial charge in [0.05, 0.1) is 6.10 Å². The van der Waals surface area contributed by atoms with E-state index in [0.29, 0.717) is 15.7 Å². The van der Waals surface area contributed by atoms with Gasteiger partial charge in [-0.25, -0.2) is 0 Å². The van der Waals surface area contributed by atoms with Crippen molar-refractivity contribution in [2.45, 2.75) is 38.1 Å². The summed E-state index contributed by atoms with van der Waals surface area (Å²) in [5.74, 6) is 0. The van der Waals surface area contributed by atoms with E-state index in [1.54, 1.807) is 25.1 Å². The van der Waals surface area contributed by atoms with Crippen LogP contribution >= 0.6 is 15.9 Å². The normalized spacial score (nSPS) is 17.4. The first-order valence-electron chi connectivity index (χ1n) is 6.09. The number of rotatable bonds is 4. The zero-order valence-electron chi connectivity index (χ0n) is 10.4. The molecular weight excluding hydrogens is 323 g/mol. The number of hydrogen-bond donors (Lipinski definition) is 1. The predicted molar refractivity (Wildman–Crippen MR) is 71.2 cm³/mol. The van der Waals surface area contributed by atoms with Crippen molar-refractivity contribution >= 4 is 21.6 Å². The number of halogens is 4. The molecule has 1 aromatic rings. The summed E-state index contributed by atoms with van der Waals surface area (Å²) in [6, 6.07) is 4.92. The molecule has 0 aliphatic heterocycles. The minimum absolute atomic E-state index is 0.0223. The highest BCUT2D eigenvalue weighted by molar-refractivity contribution is 9.10. The lowest BCUT2D eigenvalue weighted by molar-refractivity contribution is -0.120. The van der Waals surface area contributed by atoms with Gasteiger partial charge in [-0.05, 0) is 37.5 Å². The van der Waals surface area contributed by atoms with Gasteiger partial charge in [0.15, 0.2) is 0 Å².